The normalized spacial score (nSPS) is 9.83. The SMILES string of the molecule is Cc1ccc(Cl)c(Oc2cccc(C#N)c2N)c1. The van der Waals surface area contributed by atoms with Crippen LogP contribution in [0, 0.1) is 18.3 Å². The fraction of sp³-hybridized carbons (Fsp3) is 0.0714. The van der Waals surface area contributed by atoms with Crippen molar-refractivity contribution in [1.82, 2.24) is 0 Å². The Bertz CT molecular complexity index is 632. The van der Waals surface area contributed by atoms with Gasteiger partial charge in [-0.25, -0.2) is 0 Å². The summed E-state index contributed by atoms with van der Waals surface area (Å²) < 4.78 is 5.66. The van der Waals surface area contributed by atoms with Gasteiger partial charge in [-0.15, -0.1) is 0 Å². The molecule has 2 aromatic rings. The van der Waals surface area contributed by atoms with Gasteiger partial charge in [0.2, 0.25) is 0 Å². The topological polar surface area (TPSA) is 59.0 Å². The van der Waals surface area contributed by atoms with Crippen molar-refractivity contribution in [2.75, 3.05) is 5.73 Å². The highest BCUT2D eigenvalue weighted by Crippen LogP contribution is 2.34. The molecule has 0 aromatic heterocycles. The van der Waals surface area contributed by atoms with Gasteiger partial charge in [-0.3, -0.25) is 0 Å². The van der Waals surface area contributed by atoms with Crippen molar-refractivity contribution in [2.45, 2.75) is 6.92 Å². The van der Waals surface area contributed by atoms with Crippen molar-refractivity contribution in [3.63, 3.8) is 0 Å². The Morgan fingerprint density at radius 1 is 1.22 bits per heavy atom. The summed E-state index contributed by atoms with van der Waals surface area (Å²) in [7, 11) is 0. The number of aryl methyl sites for hydroxylation is 1. The molecule has 0 amide bonds. The Hall–Kier alpha value is -2.18. The monoisotopic (exact) mass is 258 g/mol. The summed E-state index contributed by atoms with van der Waals surface area (Å²) in [5.41, 5.74) is 7.57. The molecule has 2 aromatic carbocycles. The zero-order chi connectivity index (χ0) is 13.1. The molecule has 0 atom stereocenters. The molecule has 2 rings (SSSR count). The van der Waals surface area contributed by atoms with Gasteiger partial charge in [0.15, 0.2) is 5.75 Å². The number of anilines is 1. The highest BCUT2D eigenvalue weighted by Gasteiger charge is 2.09. The number of hydrogen-bond donors (Lipinski definition) is 1. The lowest BCUT2D eigenvalue weighted by Crippen LogP contribution is -1.95. The van der Waals surface area contributed by atoms with Gasteiger partial charge < -0.3 is 10.5 Å². The summed E-state index contributed by atoms with van der Waals surface area (Å²) in [4.78, 5) is 0. The minimum Gasteiger partial charge on any atom is -0.454 e. The maximum Gasteiger partial charge on any atom is 0.151 e. The fourth-order valence-electron chi connectivity index (χ4n) is 1.54. The second-order valence-corrected chi connectivity index (χ2v) is 4.27. The number of nitrogens with two attached hydrogens (primary N) is 1. The van der Waals surface area contributed by atoms with E-state index in [2.05, 4.69) is 0 Å². The standard InChI is InChI=1S/C14H11ClN2O/c1-9-5-6-11(15)13(7-9)18-12-4-2-3-10(8-16)14(12)17/h2-7H,17H2,1H3. The molecule has 18 heavy (non-hydrogen) atoms. The average Bonchev–Trinajstić information content (AvgIpc) is 2.36. The zero-order valence-electron chi connectivity index (χ0n) is 9.77. The summed E-state index contributed by atoms with van der Waals surface area (Å²) in [6.07, 6.45) is 0. The van der Waals surface area contributed by atoms with Crippen LogP contribution in [0.1, 0.15) is 11.1 Å². The Morgan fingerprint density at radius 3 is 2.72 bits per heavy atom. The van der Waals surface area contributed by atoms with E-state index in [0.29, 0.717) is 27.8 Å². The van der Waals surface area contributed by atoms with Crippen molar-refractivity contribution in [2.24, 2.45) is 0 Å². The Balaban J connectivity index is 2.41. The van der Waals surface area contributed by atoms with E-state index >= 15 is 0 Å². The van der Waals surface area contributed by atoms with Crippen molar-refractivity contribution >= 4 is 17.3 Å². The van der Waals surface area contributed by atoms with E-state index in [1.54, 1.807) is 24.3 Å². The van der Waals surface area contributed by atoms with E-state index < -0.39 is 0 Å². The Morgan fingerprint density at radius 2 is 2.00 bits per heavy atom. The van der Waals surface area contributed by atoms with Crippen molar-refractivity contribution in [3.05, 3.63) is 52.5 Å². The average molecular weight is 259 g/mol. The third-order valence-corrected chi connectivity index (χ3v) is 2.81. The number of hydrogen-bond acceptors (Lipinski definition) is 3. The molecule has 4 heteroatoms. The first kappa shape index (κ1) is 12.3. The van der Waals surface area contributed by atoms with Crippen molar-refractivity contribution < 1.29 is 4.74 Å². The van der Waals surface area contributed by atoms with E-state index in [4.69, 9.17) is 27.3 Å². The number of ether oxygens (including phenoxy) is 1. The molecule has 0 aliphatic rings. The first-order valence-electron chi connectivity index (χ1n) is 5.34. The lowest BCUT2D eigenvalue weighted by atomic mass is 10.2. The molecule has 0 saturated carbocycles. The summed E-state index contributed by atoms with van der Waals surface area (Å²) >= 11 is 6.04. The number of halogens is 1. The van der Waals surface area contributed by atoms with Crippen LogP contribution < -0.4 is 10.5 Å². The van der Waals surface area contributed by atoms with E-state index in [1.165, 1.54) is 0 Å². The molecule has 0 radical (unpaired) electrons. The van der Waals surface area contributed by atoms with Crippen LogP contribution in [0.5, 0.6) is 11.5 Å². The van der Waals surface area contributed by atoms with Crippen LogP contribution in [0.4, 0.5) is 5.69 Å². The minimum absolute atomic E-state index is 0.317. The zero-order valence-corrected chi connectivity index (χ0v) is 10.5. The molecule has 90 valence electrons. The van der Waals surface area contributed by atoms with Crippen LogP contribution in [-0.2, 0) is 0 Å². The predicted molar refractivity (Wildman–Crippen MR) is 71.8 cm³/mol. The van der Waals surface area contributed by atoms with E-state index in [9.17, 15) is 0 Å². The van der Waals surface area contributed by atoms with Crippen LogP contribution in [0.15, 0.2) is 36.4 Å². The second kappa shape index (κ2) is 4.99. The van der Waals surface area contributed by atoms with E-state index in [0.717, 1.165) is 5.56 Å². The number of nitrogen functional groups attached to an aromatic ring is 1. The number of nitrogens with zero attached hydrogens (tertiary/aromatic N) is 1. The van der Waals surface area contributed by atoms with Gasteiger partial charge in [0, 0.05) is 0 Å². The van der Waals surface area contributed by atoms with Crippen LogP contribution in [0.25, 0.3) is 0 Å². The smallest absolute Gasteiger partial charge is 0.151 e. The second-order valence-electron chi connectivity index (χ2n) is 3.87. The first-order valence-corrected chi connectivity index (χ1v) is 5.72. The van der Waals surface area contributed by atoms with E-state index in [-0.39, 0.29) is 0 Å². The first-order chi connectivity index (χ1) is 8.61. The van der Waals surface area contributed by atoms with Crippen molar-refractivity contribution in [1.29, 1.82) is 5.26 Å². The fourth-order valence-corrected chi connectivity index (χ4v) is 1.69. The van der Waals surface area contributed by atoms with Gasteiger partial charge in [-0.1, -0.05) is 23.7 Å². The summed E-state index contributed by atoms with van der Waals surface area (Å²) in [6.45, 7) is 1.94. The molecule has 0 saturated heterocycles. The molecule has 2 N–H and O–H groups in total. The molecule has 0 fully saturated rings. The van der Waals surface area contributed by atoms with Crippen LogP contribution in [-0.4, -0.2) is 0 Å². The van der Waals surface area contributed by atoms with E-state index in [1.807, 2.05) is 25.1 Å². The van der Waals surface area contributed by atoms with Gasteiger partial charge in [-0.05, 0) is 36.8 Å². The predicted octanol–water partition coefficient (Wildman–Crippen LogP) is 3.89. The van der Waals surface area contributed by atoms with Gasteiger partial charge in [0.05, 0.1) is 16.3 Å². The molecule has 0 aliphatic heterocycles. The van der Waals surface area contributed by atoms with Crippen LogP contribution in [0.2, 0.25) is 5.02 Å². The molecule has 0 unspecified atom stereocenters. The summed E-state index contributed by atoms with van der Waals surface area (Å²) in [6, 6.07) is 12.5. The number of para-hydroxylation sites is 1. The van der Waals surface area contributed by atoms with Gasteiger partial charge in [-0.2, -0.15) is 5.26 Å². The molecular weight excluding hydrogens is 248 g/mol. The third-order valence-electron chi connectivity index (χ3n) is 2.49. The summed E-state index contributed by atoms with van der Waals surface area (Å²) in [5, 5.41) is 9.40. The molecule has 0 aliphatic carbocycles. The third kappa shape index (κ3) is 2.39. The highest BCUT2D eigenvalue weighted by molar-refractivity contribution is 6.32. The molecule has 0 heterocycles. The van der Waals surface area contributed by atoms with Gasteiger partial charge in [0.25, 0.3) is 0 Å². The van der Waals surface area contributed by atoms with Gasteiger partial charge in [0.1, 0.15) is 11.8 Å². The molecule has 3 nitrogen and oxygen atoms in total. The Kier molecular flexibility index (Phi) is 3.40. The summed E-state index contributed by atoms with van der Waals surface area (Å²) in [5.74, 6) is 0.958. The van der Waals surface area contributed by atoms with Gasteiger partial charge >= 0.3 is 0 Å². The number of nitriles is 1. The highest BCUT2D eigenvalue weighted by atomic mass is 35.5. The van der Waals surface area contributed by atoms with Crippen molar-refractivity contribution in [3.8, 4) is 17.6 Å². The largest absolute Gasteiger partial charge is 0.454 e. The quantitative estimate of drug-likeness (QED) is 0.831. The number of benzene rings is 2. The maximum absolute atomic E-state index is 8.90. The van der Waals surface area contributed by atoms with Crippen LogP contribution in [0.3, 0.4) is 0 Å². The number of rotatable bonds is 2. The van der Waals surface area contributed by atoms with Crippen LogP contribution >= 0.6 is 11.6 Å². The molecule has 0 bridgehead atoms. The molecular formula is C14H11ClN2O. The lowest BCUT2D eigenvalue weighted by Gasteiger charge is -2.11. The Labute approximate surface area is 110 Å². The molecule has 0 spiro atoms. The lowest BCUT2D eigenvalue weighted by molar-refractivity contribution is 0.485. The minimum atomic E-state index is 0.317. The maximum atomic E-state index is 8.90.